The molecule has 1 aromatic heterocycles. The smallest absolute Gasteiger partial charge is 0.256 e. The molecule has 4 nitrogen and oxygen atoms in total. The predicted octanol–water partition coefficient (Wildman–Crippen LogP) is 3.27. The van der Waals surface area contributed by atoms with Gasteiger partial charge in [-0.05, 0) is 49.2 Å². The second-order valence-electron chi connectivity index (χ2n) is 5.95. The number of hydrogen-bond acceptors (Lipinski definition) is 2. The minimum Gasteiger partial charge on any atom is -0.352 e. The number of rotatable bonds is 5. The molecule has 0 aliphatic rings. The van der Waals surface area contributed by atoms with Crippen molar-refractivity contribution in [1.29, 1.82) is 0 Å². The number of carbonyl (C=O) groups is 1. The van der Waals surface area contributed by atoms with Gasteiger partial charge in [0, 0.05) is 24.7 Å². The molecule has 0 atom stereocenters. The SMILES string of the molecule is CCn1cc(C(=O)NCCc2ccc(F)cc2)c(=O)c2cc(F)ccc21. The van der Waals surface area contributed by atoms with Crippen molar-refractivity contribution in [3.05, 3.63) is 81.6 Å². The number of carbonyl (C=O) groups excluding carboxylic acids is 1. The van der Waals surface area contributed by atoms with Crippen LogP contribution in [0.2, 0.25) is 0 Å². The third kappa shape index (κ3) is 3.64. The van der Waals surface area contributed by atoms with Crippen LogP contribution in [0, 0.1) is 11.6 Å². The zero-order valence-corrected chi connectivity index (χ0v) is 14.3. The highest BCUT2D eigenvalue weighted by Gasteiger charge is 2.15. The molecule has 0 aliphatic carbocycles. The largest absolute Gasteiger partial charge is 0.352 e. The average Bonchev–Trinajstić information content (AvgIpc) is 2.64. The summed E-state index contributed by atoms with van der Waals surface area (Å²) in [7, 11) is 0. The van der Waals surface area contributed by atoms with Crippen LogP contribution >= 0.6 is 0 Å². The Morgan fingerprint density at radius 3 is 2.46 bits per heavy atom. The van der Waals surface area contributed by atoms with Gasteiger partial charge in [0.25, 0.3) is 5.91 Å². The molecule has 26 heavy (non-hydrogen) atoms. The number of amides is 1. The van der Waals surface area contributed by atoms with Crippen molar-refractivity contribution in [3.8, 4) is 0 Å². The van der Waals surface area contributed by atoms with E-state index in [0.29, 0.717) is 25.0 Å². The Balaban J connectivity index is 1.82. The Kier molecular flexibility index (Phi) is 5.11. The fraction of sp³-hybridized carbons (Fsp3) is 0.200. The van der Waals surface area contributed by atoms with Gasteiger partial charge in [0.05, 0.1) is 5.52 Å². The van der Waals surface area contributed by atoms with E-state index in [2.05, 4.69) is 5.32 Å². The van der Waals surface area contributed by atoms with Gasteiger partial charge in [-0.2, -0.15) is 0 Å². The highest BCUT2D eigenvalue weighted by atomic mass is 19.1. The first-order valence-corrected chi connectivity index (χ1v) is 8.35. The standard InChI is InChI=1S/C20H18F2N2O2/c1-2-24-12-17(19(25)16-11-15(22)7-8-18(16)24)20(26)23-10-9-13-3-5-14(21)6-4-13/h3-8,11-12H,2,9-10H2,1H3,(H,23,26). The molecule has 0 unspecified atom stereocenters. The lowest BCUT2D eigenvalue weighted by Gasteiger charge is -2.12. The Hall–Kier alpha value is -3.02. The molecule has 2 aromatic carbocycles. The Bertz CT molecular complexity index is 1010. The van der Waals surface area contributed by atoms with Gasteiger partial charge < -0.3 is 9.88 Å². The van der Waals surface area contributed by atoms with Crippen LogP contribution in [0.25, 0.3) is 10.9 Å². The van der Waals surface area contributed by atoms with Gasteiger partial charge in [-0.15, -0.1) is 0 Å². The van der Waals surface area contributed by atoms with Gasteiger partial charge in [0.1, 0.15) is 17.2 Å². The third-order valence-corrected chi connectivity index (χ3v) is 4.24. The predicted molar refractivity (Wildman–Crippen MR) is 96.3 cm³/mol. The number of nitrogens with one attached hydrogen (secondary N) is 1. The van der Waals surface area contributed by atoms with Crippen molar-refractivity contribution in [2.24, 2.45) is 0 Å². The van der Waals surface area contributed by atoms with Crippen molar-refractivity contribution in [2.45, 2.75) is 19.9 Å². The summed E-state index contributed by atoms with van der Waals surface area (Å²) in [6, 6.07) is 9.97. The normalized spacial score (nSPS) is 10.9. The molecule has 0 aliphatic heterocycles. The lowest BCUT2D eigenvalue weighted by molar-refractivity contribution is 0.0952. The minimum atomic E-state index is -0.522. The molecule has 3 rings (SSSR count). The van der Waals surface area contributed by atoms with E-state index in [0.717, 1.165) is 11.6 Å². The van der Waals surface area contributed by atoms with Gasteiger partial charge >= 0.3 is 0 Å². The van der Waals surface area contributed by atoms with E-state index in [-0.39, 0.29) is 16.8 Å². The first kappa shape index (κ1) is 17.8. The van der Waals surface area contributed by atoms with E-state index in [1.165, 1.54) is 30.5 Å². The van der Waals surface area contributed by atoms with Crippen LogP contribution in [0.1, 0.15) is 22.8 Å². The van der Waals surface area contributed by atoms with Crippen LogP contribution in [-0.2, 0) is 13.0 Å². The molecule has 0 saturated carbocycles. The second-order valence-corrected chi connectivity index (χ2v) is 5.95. The topological polar surface area (TPSA) is 51.1 Å². The van der Waals surface area contributed by atoms with Crippen LogP contribution in [0.3, 0.4) is 0 Å². The number of aryl methyl sites for hydroxylation is 1. The van der Waals surface area contributed by atoms with Crippen molar-refractivity contribution < 1.29 is 13.6 Å². The van der Waals surface area contributed by atoms with Crippen LogP contribution in [0.5, 0.6) is 0 Å². The highest BCUT2D eigenvalue weighted by molar-refractivity contribution is 5.97. The maximum atomic E-state index is 13.5. The van der Waals surface area contributed by atoms with Gasteiger partial charge in [-0.25, -0.2) is 8.78 Å². The van der Waals surface area contributed by atoms with Crippen LogP contribution in [0.15, 0.2) is 53.5 Å². The zero-order valence-electron chi connectivity index (χ0n) is 14.3. The summed E-state index contributed by atoms with van der Waals surface area (Å²) >= 11 is 0. The van der Waals surface area contributed by atoms with Crippen molar-refractivity contribution in [2.75, 3.05) is 6.54 Å². The van der Waals surface area contributed by atoms with E-state index in [1.54, 1.807) is 16.7 Å². The van der Waals surface area contributed by atoms with Gasteiger partial charge in [0.2, 0.25) is 5.43 Å². The molecule has 134 valence electrons. The summed E-state index contributed by atoms with van der Waals surface area (Å²) in [5.41, 5.74) is 0.938. The average molecular weight is 356 g/mol. The number of hydrogen-bond donors (Lipinski definition) is 1. The lowest BCUT2D eigenvalue weighted by Crippen LogP contribution is -2.31. The summed E-state index contributed by atoms with van der Waals surface area (Å²) < 4.78 is 28.2. The van der Waals surface area contributed by atoms with Crippen LogP contribution < -0.4 is 10.7 Å². The Morgan fingerprint density at radius 2 is 1.77 bits per heavy atom. The zero-order chi connectivity index (χ0) is 18.7. The first-order chi connectivity index (χ1) is 12.5. The molecule has 0 saturated heterocycles. The molecule has 0 radical (unpaired) electrons. The third-order valence-electron chi connectivity index (χ3n) is 4.24. The molecule has 1 amide bonds. The summed E-state index contributed by atoms with van der Waals surface area (Å²) in [6.07, 6.45) is 2.01. The van der Waals surface area contributed by atoms with Crippen LogP contribution in [-0.4, -0.2) is 17.0 Å². The van der Waals surface area contributed by atoms with Gasteiger partial charge in [0.15, 0.2) is 0 Å². The number of fused-ring (bicyclic) bond motifs is 1. The Labute approximate surface area is 149 Å². The lowest BCUT2D eigenvalue weighted by atomic mass is 10.1. The summed E-state index contributed by atoms with van der Waals surface area (Å²) in [5.74, 6) is -1.35. The van der Waals surface area contributed by atoms with E-state index in [1.807, 2.05) is 6.92 Å². The number of aromatic nitrogens is 1. The summed E-state index contributed by atoms with van der Waals surface area (Å²) in [4.78, 5) is 25.0. The van der Waals surface area contributed by atoms with Crippen molar-refractivity contribution >= 4 is 16.8 Å². The molecule has 1 heterocycles. The quantitative estimate of drug-likeness (QED) is 0.763. The molecule has 1 N–H and O–H groups in total. The fourth-order valence-corrected chi connectivity index (χ4v) is 2.86. The van der Waals surface area contributed by atoms with E-state index < -0.39 is 17.2 Å². The van der Waals surface area contributed by atoms with Gasteiger partial charge in [-0.3, -0.25) is 9.59 Å². The van der Waals surface area contributed by atoms with E-state index in [9.17, 15) is 18.4 Å². The van der Waals surface area contributed by atoms with E-state index >= 15 is 0 Å². The molecular weight excluding hydrogens is 338 g/mol. The molecule has 0 spiro atoms. The maximum Gasteiger partial charge on any atom is 0.256 e. The molecule has 6 heteroatoms. The number of nitrogens with zero attached hydrogens (tertiary/aromatic N) is 1. The fourth-order valence-electron chi connectivity index (χ4n) is 2.86. The van der Waals surface area contributed by atoms with Gasteiger partial charge in [-0.1, -0.05) is 12.1 Å². The Morgan fingerprint density at radius 1 is 1.08 bits per heavy atom. The molecule has 0 bridgehead atoms. The van der Waals surface area contributed by atoms with Crippen molar-refractivity contribution in [1.82, 2.24) is 9.88 Å². The minimum absolute atomic E-state index is 0.0240. The number of pyridine rings is 1. The number of halogens is 2. The maximum absolute atomic E-state index is 13.5. The monoisotopic (exact) mass is 356 g/mol. The van der Waals surface area contributed by atoms with Crippen LogP contribution in [0.4, 0.5) is 8.78 Å². The first-order valence-electron chi connectivity index (χ1n) is 8.35. The second kappa shape index (κ2) is 7.47. The summed E-state index contributed by atoms with van der Waals surface area (Å²) in [5, 5.41) is 2.87. The molecule has 3 aromatic rings. The molecule has 0 fully saturated rings. The number of benzene rings is 2. The molecular formula is C20H18F2N2O2. The summed E-state index contributed by atoms with van der Waals surface area (Å²) in [6.45, 7) is 2.72. The highest BCUT2D eigenvalue weighted by Crippen LogP contribution is 2.14. The van der Waals surface area contributed by atoms with E-state index in [4.69, 9.17) is 0 Å². The van der Waals surface area contributed by atoms with Crippen molar-refractivity contribution in [3.63, 3.8) is 0 Å².